The topological polar surface area (TPSA) is 72.0 Å². The lowest BCUT2D eigenvalue weighted by Crippen LogP contribution is -2.15. The van der Waals surface area contributed by atoms with Crippen LogP contribution in [0.15, 0.2) is 48.5 Å². The molecular formula is C17H17N3O2S. The summed E-state index contributed by atoms with van der Waals surface area (Å²) in [5, 5.41) is 0. The molecule has 118 valence electrons. The molecule has 0 saturated heterocycles. The maximum absolute atomic E-state index is 12.3. The molecule has 0 aliphatic heterocycles. The van der Waals surface area contributed by atoms with Crippen molar-refractivity contribution in [3.05, 3.63) is 65.5 Å². The van der Waals surface area contributed by atoms with Crippen LogP contribution in [0, 0.1) is 13.8 Å². The maximum Gasteiger partial charge on any atom is 0.236 e. The van der Waals surface area contributed by atoms with Crippen molar-refractivity contribution in [3.63, 3.8) is 0 Å². The van der Waals surface area contributed by atoms with Crippen LogP contribution in [0.25, 0.3) is 11.0 Å². The first-order valence-corrected chi connectivity index (χ1v) is 8.88. The van der Waals surface area contributed by atoms with Gasteiger partial charge < -0.3 is 0 Å². The van der Waals surface area contributed by atoms with Gasteiger partial charge in [0, 0.05) is 0 Å². The Morgan fingerprint density at radius 1 is 0.913 bits per heavy atom. The van der Waals surface area contributed by atoms with Gasteiger partial charge in [-0.25, -0.2) is 18.4 Å². The third kappa shape index (κ3) is 3.65. The summed E-state index contributed by atoms with van der Waals surface area (Å²) in [4.78, 5) is 8.89. The monoisotopic (exact) mass is 327 g/mol. The number of aromatic nitrogens is 2. The maximum atomic E-state index is 12.3. The standard InChI is InChI=1S/C17H17N3O2S/c1-12-13(2)19-17-10-15(8-9-16(17)18-12)20-23(21,22)11-14-6-4-3-5-7-14/h3-10,20H,11H2,1-2H3. The predicted octanol–water partition coefficient (Wildman–Crippen LogP) is 3.19. The number of hydrogen-bond acceptors (Lipinski definition) is 4. The highest BCUT2D eigenvalue weighted by molar-refractivity contribution is 7.91. The summed E-state index contributed by atoms with van der Waals surface area (Å²) in [7, 11) is -3.47. The number of anilines is 1. The van der Waals surface area contributed by atoms with Crippen molar-refractivity contribution in [1.82, 2.24) is 9.97 Å². The molecule has 23 heavy (non-hydrogen) atoms. The summed E-state index contributed by atoms with van der Waals surface area (Å²) < 4.78 is 27.2. The Bertz CT molecular complexity index is 954. The van der Waals surface area contributed by atoms with Gasteiger partial charge in [-0.2, -0.15) is 0 Å². The Kier molecular flexibility index (Phi) is 4.00. The average Bonchev–Trinajstić information content (AvgIpc) is 2.49. The van der Waals surface area contributed by atoms with E-state index in [4.69, 9.17) is 0 Å². The van der Waals surface area contributed by atoms with Crippen LogP contribution in [0.2, 0.25) is 0 Å². The smallest absolute Gasteiger partial charge is 0.236 e. The molecule has 0 aliphatic rings. The second kappa shape index (κ2) is 5.96. The minimum atomic E-state index is -3.47. The molecule has 3 aromatic rings. The van der Waals surface area contributed by atoms with E-state index in [0.717, 1.165) is 22.5 Å². The zero-order valence-corrected chi connectivity index (χ0v) is 13.8. The summed E-state index contributed by atoms with van der Waals surface area (Å²) in [5.74, 6) is -0.0650. The summed E-state index contributed by atoms with van der Waals surface area (Å²) >= 11 is 0. The van der Waals surface area contributed by atoms with Crippen molar-refractivity contribution in [2.45, 2.75) is 19.6 Å². The third-order valence-corrected chi connectivity index (χ3v) is 4.81. The summed E-state index contributed by atoms with van der Waals surface area (Å²) in [6.07, 6.45) is 0. The molecule has 0 aliphatic carbocycles. The Morgan fingerprint density at radius 2 is 1.57 bits per heavy atom. The second-order valence-corrected chi connectivity index (χ2v) is 7.17. The Balaban J connectivity index is 1.87. The van der Waals surface area contributed by atoms with Crippen molar-refractivity contribution in [3.8, 4) is 0 Å². The molecule has 6 heteroatoms. The molecule has 3 rings (SSSR count). The molecule has 1 heterocycles. The first-order chi connectivity index (χ1) is 10.9. The van der Waals surface area contributed by atoms with Gasteiger partial charge in [0.2, 0.25) is 10.0 Å². The SMILES string of the molecule is Cc1nc2ccc(NS(=O)(=O)Cc3ccccc3)cc2nc1C. The predicted molar refractivity (Wildman–Crippen MR) is 91.7 cm³/mol. The van der Waals surface area contributed by atoms with Crippen molar-refractivity contribution in [2.24, 2.45) is 0 Å². The van der Waals surface area contributed by atoms with Crippen molar-refractivity contribution < 1.29 is 8.42 Å². The van der Waals surface area contributed by atoms with Gasteiger partial charge in [0.1, 0.15) is 0 Å². The van der Waals surface area contributed by atoms with E-state index in [9.17, 15) is 8.42 Å². The molecule has 0 unspecified atom stereocenters. The summed E-state index contributed by atoms with van der Waals surface area (Å²) in [6.45, 7) is 3.78. The van der Waals surface area contributed by atoms with Gasteiger partial charge in [-0.05, 0) is 37.6 Å². The van der Waals surface area contributed by atoms with Crippen LogP contribution >= 0.6 is 0 Å². The number of fused-ring (bicyclic) bond motifs is 1. The van der Waals surface area contributed by atoms with E-state index in [2.05, 4.69) is 14.7 Å². The molecule has 0 atom stereocenters. The molecule has 0 saturated carbocycles. The van der Waals surface area contributed by atoms with E-state index in [1.54, 1.807) is 30.3 Å². The molecule has 5 nitrogen and oxygen atoms in total. The minimum Gasteiger partial charge on any atom is -0.283 e. The van der Waals surface area contributed by atoms with Gasteiger partial charge in [0.25, 0.3) is 0 Å². The number of nitrogens with zero attached hydrogens (tertiary/aromatic N) is 2. The van der Waals surface area contributed by atoms with Crippen molar-refractivity contribution in [2.75, 3.05) is 4.72 Å². The molecular weight excluding hydrogens is 310 g/mol. The zero-order chi connectivity index (χ0) is 16.4. The molecule has 2 aromatic carbocycles. The third-order valence-electron chi connectivity index (χ3n) is 3.55. The normalized spacial score (nSPS) is 11.6. The van der Waals surface area contributed by atoms with Gasteiger partial charge >= 0.3 is 0 Å². The number of nitrogens with one attached hydrogen (secondary N) is 1. The van der Waals surface area contributed by atoms with E-state index in [1.807, 2.05) is 32.0 Å². The van der Waals surface area contributed by atoms with Gasteiger partial charge in [-0.15, -0.1) is 0 Å². The van der Waals surface area contributed by atoms with Crippen LogP contribution in [0.1, 0.15) is 17.0 Å². The largest absolute Gasteiger partial charge is 0.283 e. The van der Waals surface area contributed by atoms with Crippen LogP contribution in [-0.4, -0.2) is 18.4 Å². The summed E-state index contributed by atoms with van der Waals surface area (Å²) in [6, 6.07) is 14.3. The van der Waals surface area contributed by atoms with Gasteiger partial charge in [0.05, 0.1) is 33.9 Å². The molecule has 0 spiro atoms. The van der Waals surface area contributed by atoms with Gasteiger partial charge in [0.15, 0.2) is 0 Å². The lowest BCUT2D eigenvalue weighted by atomic mass is 10.2. The van der Waals surface area contributed by atoms with E-state index < -0.39 is 10.0 Å². The highest BCUT2D eigenvalue weighted by Gasteiger charge is 2.12. The molecule has 0 radical (unpaired) electrons. The minimum absolute atomic E-state index is 0.0650. The fourth-order valence-electron chi connectivity index (χ4n) is 2.30. The molecule has 1 aromatic heterocycles. The quantitative estimate of drug-likeness (QED) is 0.799. The highest BCUT2D eigenvalue weighted by atomic mass is 32.2. The molecule has 0 amide bonds. The first kappa shape index (κ1) is 15.4. The van der Waals surface area contributed by atoms with Crippen LogP contribution in [0.3, 0.4) is 0 Å². The van der Waals surface area contributed by atoms with E-state index in [1.165, 1.54) is 0 Å². The number of rotatable bonds is 4. The van der Waals surface area contributed by atoms with E-state index in [-0.39, 0.29) is 5.75 Å². The van der Waals surface area contributed by atoms with Gasteiger partial charge in [-0.1, -0.05) is 30.3 Å². The van der Waals surface area contributed by atoms with E-state index in [0.29, 0.717) is 11.2 Å². The van der Waals surface area contributed by atoms with E-state index >= 15 is 0 Å². The zero-order valence-electron chi connectivity index (χ0n) is 12.9. The lowest BCUT2D eigenvalue weighted by molar-refractivity contribution is 0.600. The lowest BCUT2D eigenvalue weighted by Gasteiger charge is -2.09. The number of hydrogen-bond donors (Lipinski definition) is 1. The van der Waals surface area contributed by atoms with Crippen LogP contribution < -0.4 is 4.72 Å². The fraction of sp³-hybridized carbons (Fsp3) is 0.176. The number of aryl methyl sites for hydroxylation is 2. The fourth-order valence-corrected chi connectivity index (χ4v) is 3.49. The average molecular weight is 327 g/mol. The highest BCUT2D eigenvalue weighted by Crippen LogP contribution is 2.19. The Morgan fingerprint density at radius 3 is 2.26 bits per heavy atom. The first-order valence-electron chi connectivity index (χ1n) is 7.22. The Labute approximate surface area is 135 Å². The molecule has 0 fully saturated rings. The van der Waals surface area contributed by atoms with Gasteiger partial charge in [-0.3, -0.25) is 4.72 Å². The van der Waals surface area contributed by atoms with Crippen molar-refractivity contribution in [1.29, 1.82) is 0 Å². The molecule has 1 N–H and O–H groups in total. The van der Waals surface area contributed by atoms with Crippen LogP contribution in [0.5, 0.6) is 0 Å². The number of sulfonamides is 1. The number of benzene rings is 2. The van der Waals surface area contributed by atoms with Crippen molar-refractivity contribution >= 4 is 26.7 Å². The van der Waals surface area contributed by atoms with Crippen LogP contribution in [0.4, 0.5) is 5.69 Å². The second-order valence-electron chi connectivity index (χ2n) is 5.44. The van der Waals surface area contributed by atoms with Crippen LogP contribution in [-0.2, 0) is 15.8 Å². The summed E-state index contributed by atoms with van der Waals surface area (Å²) in [5.41, 5.74) is 4.36. The Hall–Kier alpha value is -2.47. The molecule has 0 bridgehead atoms.